The number of nitro benzene ring substituents is 1. The van der Waals surface area contributed by atoms with E-state index >= 15 is 0 Å². The van der Waals surface area contributed by atoms with Crippen molar-refractivity contribution in [2.45, 2.75) is 12.0 Å². The van der Waals surface area contributed by atoms with E-state index in [1.807, 2.05) is 0 Å². The molecule has 1 aromatic rings. The van der Waals surface area contributed by atoms with Gasteiger partial charge in [0.25, 0.3) is 5.69 Å². The number of esters is 1. The molecule has 2 heterocycles. The smallest absolute Gasteiger partial charge is 0.356 e. The molecule has 2 aliphatic heterocycles. The van der Waals surface area contributed by atoms with Gasteiger partial charge in [0.15, 0.2) is 0 Å². The third kappa shape index (κ3) is 3.12. The fraction of sp³-hybridized carbons (Fsp3) is 0.267. The highest BCUT2D eigenvalue weighted by Crippen LogP contribution is 2.44. The molecule has 3 rings (SSSR count). The van der Waals surface area contributed by atoms with Crippen LogP contribution in [0.3, 0.4) is 0 Å². The van der Waals surface area contributed by atoms with Gasteiger partial charge in [-0.15, -0.1) is 11.8 Å². The molecule has 0 spiro atoms. The molecule has 10 heteroatoms. The van der Waals surface area contributed by atoms with E-state index in [1.54, 1.807) is 0 Å². The van der Waals surface area contributed by atoms with Gasteiger partial charge in [-0.3, -0.25) is 19.8 Å². The molecule has 0 radical (unpaired) electrons. The number of rotatable bonds is 5. The summed E-state index contributed by atoms with van der Waals surface area (Å²) in [5.74, 6) is -1.71. The Morgan fingerprint density at radius 3 is 2.72 bits per heavy atom. The monoisotopic (exact) mass is 382 g/mol. The van der Waals surface area contributed by atoms with Crippen molar-refractivity contribution in [3.8, 4) is 0 Å². The first-order valence-corrected chi connectivity index (χ1v) is 8.55. The lowest BCUT2D eigenvalue weighted by Crippen LogP contribution is -2.61. The van der Waals surface area contributed by atoms with Gasteiger partial charge in [-0.25, -0.2) is 4.79 Å². The number of non-ortho nitro benzene ring substituents is 1. The number of carbonyl (C=O) groups excluding carboxylic acids is 3. The number of hydrogen-bond acceptors (Lipinski definition) is 7. The molecule has 1 aromatic carbocycles. The summed E-state index contributed by atoms with van der Waals surface area (Å²) >= 11 is 7.38. The summed E-state index contributed by atoms with van der Waals surface area (Å²) in [6.45, 7) is -0.124. The van der Waals surface area contributed by atoms with Gasteiger partial charge in [-0.05, 0) is 17.7 Å². The van der Waals surface area contributed by atoms with E-state index in [0.29, 0.717) is 17.6 Å². The van der Waals surface area contributed by atoms with Crippen LogP contribution >= 0.6 is 23.4 Å². The van der Waals surface area contributed by atoms with E-state index in [-0.39, 0.29) is 23.0 Å². The number of fused-ring (bicyclic) bond motifs is 1. The number of carbonyl (C=O) groups is 3. The normalized spacial score (nSPS) is 22.1. The highest BCUT2D eigenvalue weighted by atomic mass is 35.5. The maximum atomic E-state index is 12.3. The second kappa shape index (κ2) is 6.85. The fourth-order valence-corrected chi connectivity index (χ4v) is 4.08. The molecule has 25 heavy (non-hydrogen) atoms. The number of aldehydes is 1. The summed E-state index contributed by atoms with van der Waals surface area (Å²) < 4.78 is 5.17. The largest absolute Gasteiger partial charge is 0.456 e. The number of halogens is 1. The van der Waals surface area contributed by atoms with E-state index in [9.17, 15) is 24.5 Å². The van der Waals surface area contributed by atoms with E-state index in [2.05, 4.69) is 0 Å². The Morgan fingerprint density at radius 2 is 2.12 bits per heavy atom. The fourth-order valence-electron chi connectivity index (χ4n) is 2.53. The van der Waals surface area contributed by atoms with Crippen molar-refractivity contribution in [2.24, 2.45) is 5.92 Å². The van der Waals surface area contributed by atoms with Crippen molar-refractivity contribution in [3.05, 3.63) is 50.7 Å². The van der Waals surface area contributed by atoms with E-state index in [4.69, 9.17) is 16.3 Å². The second-order valence-corrected chi connectivity index (χ2v) is 6.89. The average Bonchev–Trinajstić information content (AvgIpc) is 2.60. The number of benzene rings is 1. The zero-order chi connectivity index (χ0) is 18.1. The minimum atomic E-state index is -0.772. The lowest BCUT2D eigenvalue weighted by atomic mass is 9.98. The Bertz CT molecular complexity index is 794. The number of β-lactam (4-membered cyclic amide) rings is 1. The van der Waals surface area contributed by atoms with Crippen LogP contribution in [0, 0.1) is 16.0 Å². The average molecular weight is 383 g/mol. The molecule has 1 fully saturated rings. The van der Waals surface area contributed by atoms with Crippen LogP contribution in [-0.2, 0) is 25.7 Å². The number of nitrogens with zero attached hydrogens (tertiary/aromatic N) is 2. The molecule has 0 N–H and O–H groups in total. The summed E-state index contributed by atoms with van der Waals surface area (Å²) in [4.78, 5) is 46.5. The lowest BCUT2D eigenvalue weighted by molar-refractivity contribution is -0.384. The number of amides is 1. The Labute approximate surface area is 150 Å². The molecule has 8 nitrogen and oxygen atoms in total. The van der Waals surface area contributed by atoms with Crippen LogP contribution in [0.15, 0.2) is 35.0 Å². The van der Waals surface area contributed by atoms with Gasteiger partial charge in [0.2, 0.25) is 5.91 Å². The van der Waals surface area contributed by atoms with Crippen molar-refractivity contribution in [2.75, 3.05) is 5.75 Å². The predicted molar refractivity (Wildman–Crippen MR) is 88.4 cm³/mol. The summed E-state index contributed by atoms with van der Waals surface area (Å²) in [5.41, 5.74) is 0.438. The van der Waals surface area contributed by atoms with Crippen LogP contribution in [0.25, 0.3) is 0 Å². The molecule has 2 atom stereocenters. The third-order valence-corrected chi connectivity index (χ3v) is 5.59. The Hall–Kier alpha value is -2.39. The first-order chi connectivity index (χ1) is 11.9. The van der Waals surface area contributed by atoms with Gasteiger partial charge in [-0.1, -0.05) is 11.6 Å². The number of ether oxygens (including phenoxy) is 1. The lowest BCUT2D eigenvalue weighted by Gasteiger charge is -2.47. The molecule has 130 valence electrons. The van der Waals surface area contributed by atoms with Gasteiger partial charge in [-0.2, -0.15) is 0 Å². The van der Waals surface area contributed by atoms with Crippen LogP contribution in [0.5, 0.6) is 0 Å². The van der Waals surface area contributed by atoms with Crippen LogP contribution in [-0.4, -0.2) is 39.1 Å². The van der Waals surface area contributed by atoms with Gasteiger partial charge < -0.3 is 9.53 Å². The molecule has 0 aromatic heterocycles. The van der Waals surface area contributed by atoms with Crippen molar-refractivity contribution in [1.82, 2.24) is 4.90 Å². The molecular weight excluding hydrogens is 372 g/mol. The summed E-state index contributed by atoms with van der Waals surface area (Å²) in [5, 5.41) is 10.4. The van der Waals surface area contributed by atoms with Crippen molar-refractivity contribution in [1.29, 1.82) is 0 Å². The standard InChI is InChI=1S/C15H11ClN2O6S/c16-11-7-25-14-10(5-19)13(20)17(14)12(11)15(21)24-6-8-1-3-9(4-2-8)18(22)23/h1-5,10,14H,6-7H2/t10-,14+/m1/s1. The topological polar surface area (TPSA) is 107 Å². The van der Waals surface area contributed by atoms with E-state index < -0.39 is 28.1 Å². The predicted octanol–water partition coefficient (Wildman–Crippen LogP) is 1.82. The maximum Gasteiger partial charge on any atom is 0.356 e. The Morgan fingerprint density at radius 1 is 1.44 bits per heavy atom. The van der Waals surface area contributed by atoms with Crippen molar-refractivity contribution >= 4 is 47.2 Å². The molecule has 1 amide bonds. The number of thioether (sulfide) groups is 1. The SMILES string of the molecule is O=C[C@@H]1C(=O)N2C(C(=O)OCc3ccc([N+](=O)[O-])cc3)=C(Cl)CS[C@@H]12. The van der Waals surface area contributed by atoms with Crippen LogP contribution in [0.1, 0.15) is 5.56 Å². The summed E-state index contributed by atoms with van der Waals surface area (Å²) in [6.07, 6.45) is 0.565. The minimum Gasteiger partial charge on any atom is -0.456 e. The minimum absolute atomic E-state index is 0.0459. The quantitative estimate of drug-likeness (QED) is 0.191. The first kappa shape index (κ1) is 17.4. The van der Waals surface area contributed by atoms with Gasteiger partial charge in [0.1, 0.15) is 29.9 Å². The number of hydrogen-bond donors (Lipinski definition) is 0. The van der Waals surface area contributed by atoms with Crippen LogP contribution in [0.2, 0.25) is 0 Å². The molecule has 1 saturated heterocycles. The maximum absolute atomic E-state index is 12.3. The molecule has 0 aliphatic carbocycles. The van der Waals surface area contributed by atoms with Crippen molar-refractivity contribution in [3.63, 3.8) is 0 Å². The molecular formula is C15H11ClN2O6S. The molecule has 0 unspecified atom stereocenters. The van der Waals surface area contributed by atoms with Crippen LogP contribution < -0.4 is 0 Å². The van der Waals surface area contributed by atoms with Gasteiger partial charge in [0.05, 0.1) is 9.96 Å². The highest BCUT2D eigenvalue weighted by Gasteiger charge is 2.53. The molecule has 0 bridgehead atoms. The van der Waals surface area contributed by atoms with Crippen molar-refractivity contribution < 1.29 is 24.0 Å². The zero-order valence-corrected chi connectivity index (χ0v) is 14.2. The summed E-state index contributed by atoms with van der Waals surface area (Å²) in [7, 11) is 0. The van der Waals surface area contributed by atoms with Crippen LogP contribution in [0.4, 0.5) is 5.69 Å². The second-order valence-electron chi connectivity index (χ2n) is 5.32. The van der Waals surface area contributed by atoms with Gasteiger partial charge >= 0.3 is 5.97 Å². The van der Waals surface area contributed by atoms with E-state index in [0.717, 1.165) is 0 Å². The highest BCUT2D eigenvalue weighted by molar-refractivity contribution is 8.00. The Kier molecular flexibility index (Phi) is 4.78. The summed E-state index contributed by atoms with van der Waals surface area (Å²) in [6, 6.07) is 5.54. The number of nitro groups is 1. The third-order valence-electron chi connectivity index (χ3n) is 3.82. The molecule has 0 saturated carbocycles. The van der Waals surface area contributed by atoms with E-state index in [1.165, 1.54) is 40.9 Å². The Balaban J connectivity index is 1.69. The molecule has 2 aliphatic rings. The zero-order valence-electron chi connectivity index (χ0n) is 12.6. The van der Waals surface area contributed by atoms with Gasteiger partial charge in [0, 0.05) is 17.9 Å². The first-order valence-electron chi connectivity index (χ1n) is 7.13.